The van der Waals surface area contributed by atoms with E-state index in [1.807, 2.05) is 0 Å². The van der Waals surface area contributed by atoms with Crippen molar-refractivity contribution in [2.75, 3.05) is 6.54 Å². The van der Waals surface area contributed by atoms with Crippen molar-refractivity contribution in [2.45, 2.75) is 57.7 Å². The molecule has 0 aromatic heterocycles. The number of hydrogen-bond donors (Lipinski definition) is 1. The summed E-state index contributed by atoms with van der Waals surface area (Å²) in [4.78, 5) is 0. The summed E-state index contributed by atoms with van der Waals surface area (Å²) < 4.78 is 29.1. The average Bonchev–Trinajstić information content (AvgIpc) is 2.21. The molecule has 1 aliphatic carbocycles. The van der Waals surface area contributed by atoms with Crippen molar-refractivity contribution in [1.82, 2.24) is 0 Å². The lowest BCUT2D eigenvalue weighted by molar-refractivity contribution is -0.217. The molecule has 0 atom stereocenters. The quantitative estimate of drug-likeness (QED) is 0.774. The molecule has 0 unspecified atom stereocenters. The summed E-state index contributed by atoms with van der Waals surface area (Å²) >= 11 is 0. The molecule has 90 valence electrons. The maximum atomic E-state index is 12.2. The van der Waals surface area contributed by atoms with E-state index < -0.39 is 12.2 Å². The predicted octanol–water partition coefficient (Wildman–Crippen LogP) is 2.91. The predicted molar refractivity (Wildman–Crippen MR) is 55.7 cm³/mol. The standard InChI is InChI=1S/C11H21F2NO/c1-2-3-9-4-6-11(8-14,7-5-9)15-10(12)13/h9-10H,2-8,14H2,1H3. The zero-order valence-corrected chi connectivity index (χ0v) is 9.35. The molecule has 4 heteroatoms. The van der Waals surface area contributed by atoms with Crippen molar-refractivity contribution in [3.05, 3.63) is 0 Å². The largest absolute Gasteiger partial charge is 0.345 e. The first-order valence-electron chi connectivity index (χ1n) is 5.78. The molecule has 1 saturated carbocycles. The van der Waals surface area contributed by atoms with Gasteiger partial charge in [-0.1, -0.05) is 19.8 Å². The molecule has 0 aliphatic heterocycles. The summed E-state index contributed by atoms with van der Waals surface area (Å²) in [6.45, 7) is -0.340. The van der Waals surface area contributed by atoms with Gasteiger partial charge in [0, 0.05) is 6.54 Å². The number of hydrogen-bond acceptors (Lipinski definition) is 2. The third-order valence-corrected chi connectivity index (χ3v) is 3.42. The van der Waals surface area contributed by atoms with E-state index in [2.05, 4.69) is 6.92 Å². The minimum atomic E-state index is -2.70. The molecule has 1 rings (SSSR count). The lowest BCUT2D eigenvalue weighted by Crippen LogP contribution is -2.45. The molecule has 1 aliphatic rings. The van der Waals surface area contributed by atoms with E-state index in [1.54, 1.807) is 0 Å². The fourth-order valence-electron chi connectivity index (χ4n) is 2.46. The normalized spacial score (nSPS) is 32.2. The number of nitrogens with two attached hydrogens (primary N) is 1. The molecular formula is C11H21F2NO. The van der Waals surface area contributed by atoms with Crippen LogP contribution in [0.15, 0.2) is 0 Å². The van der Waals surface area contributed by atoms with Crippen LogP contribution in [0.3, 0.4) is 0 Å². The van der Waals surface area contributed by atoms with Gasteiger partial charge in [0.05, 0.1) is 5.60 Å². The summed E-state index contributed by atoms with van der Waals surface area (Å²) in [5, 5.41) is 0. The van der Waals surface area contributed by atoms with E-state index in [4.69, 9.17) is 10.5 Å². The van der Waals surface area contributed by atoms with Crippen molar-refractivity contribution in [3.63, 3.8) is 0 Å². The lowest BCUT2D eigenvalue weighted by atomic mass is 9.77. The first-order valence-corrected chi connectivity index (χ1v) is 5.78. The van der Waals surface area contributed by atoms with Crippen LogP contribution in [0.1, 0.15) is 45.4 Å². The minimum absolute atomic E-state index is 0.205. The monoisotopic (exact) mass is 221 g/mol. The van der Waals surface area contributed by atoms with Gasteiger partial charge in [-0.05, 0) is 31.6 Å². The third-order valence-electron chi connectivity index (χ3n) is 3.42. The molecule has 0 amide bonds. The Balaban J connectivity index is 2.43. The molecule has 0 spiro atoms. The Bertz CT molecular complexity index is 179. The maximum Gasteiger partial charge on any atom is 0.345 e. The van der Waals surface area contributed by atoms with Gasteiger partial charge in [0.2, 0.25) is 0 Å². The van der Waals surface area contributed by atoms with Gasteiger partial charge < -0.3 is 10.5 Å². The number of alkyl halides is 2. The zero-order valence-electron chi connectivity index (χ0n) is 9.35. The maximum absolute atomic E-state index is 12.2. The molecule has 0 aromatic rings. The smallest absolute Gasteiger partial charge is 0.328 e. The van der Waals surface area contributed by atoms with Crippen LogP contribution in [-0.4, -0.2) is 18.8 Å². The highest BCUT2D eigenvalue weighted by atomic mass is 19.3. The fourth-order valence-corrected chi connectivity index (χ4v) is 2.46. The topological polar surface area (TPSA) is 35.2 Å². The molecule has 0 saturated heterocycles. The van der Waals surface area contributed by atoms with Gasteiger partial charge in [0.1, 0.15) is 0 Å². The van der Waals surface area contributed by atoms with Crippen molar-refractivity contribution >= 4 is 0 Å². The van der Waals surface area contributed by atoms with Gasteiger partial charge in [-0.25, -0.2) is 0 Å². The van der Waals surface area contributed by atoms with Crippen molar-refractivity contribution < 1.29 is 13.5 Å². The molecule has 2 nitrogen and oxygen atoms in total. The van der Waals surface area contributed by atoms with Crippen LogP contribution in [0.5, 0.6) is 0 Å². The zero-order chi connectivity index (χ0) is 11.3. The second kappa shape index (κ2) is 5.75. The SMILES string of the molecule is CCCC1CCC(CN)(OC(F)F)CC1. The number of rotatable bonds is 5. The first-order chi connectivity index (χ1) is 7.12. The fraction of sp³-hybridized carbons (Fsp3) is 1.00. The highest BCUT2D eigenvalue weighted by molar-refractivity contribution is 4.88. The molecule has 15 heavy (non-hydrogen) atoms. The van der Waals surface area contributed by atoms with E-state index in [-0.39, 0.29) is 6.54 Å². The van der Waals surface area contributed by atoms with Crippen LogP contribution >= 0.6 is 0 Å². The number of ether oxygens (including phenoxy) is 1. The molecule has 1 fully saturated rings. The molecule has 0 heterocycles. The molecule has 0 aromatic carbocycles. The van der Waals surface area contributed by atoms with E-state index in [0.29, 0.717) is 18.8 Å². The average molecular weight is 221 g/mol. The van der Waals surface area contributed by atoms with E-state index in [1.165, 1.54) is 6.42 Å². The van der Waals surface area contributed by atoms with Gasteiger partial charge >= 0.3 is 6.61 Å². The Hall–Kier alpha value is -0.220. The van der Waals surface area contributed by atoms with Gasteiger partial charge in [-0.15, -0.1) is 0 Å². The van der Waals surface area contributed by atoms with Gasteiger partial charge in [-0.3, -0.25) is 0 Å². The van der Waals surface area contributed by atoms with Gasteiger partial charge in [0.25, 0.3) is 0 Å². The minimum Gasteiger partial charge on any atom is -0.328 e. The second-order valence-corrected chi connectivity index (χ2v) is 4.50. The van der Waals surface area contributed by atoms with E-state index in [9.17, 15) is 8.78 Å². The van der Waals surface area contributed by atoms with Crippen LogP contribution in [0.4, 0.5) is 8.78 Å². The van der Waals surface area contributed by atoms with E-state index >= 15 is 0 Å². The van der Waals surface area contributed by atoms with Crippen LogP contribution in [0.2, 0.25) is 0 Å². The van der Waals surface area contributed by atoms with Gasteiger partial charge in [-0.2, -0.15) is 8.78 Å². The highest BCUT2D eigenvalue weighted by Crippen LogP contribution is 2.37. The molecular weight excluding hydrogens is 200 g/mol. The Morgan fingerprint density at radius 3 is 2.40 bits per heavy atom. The summed E-state index contributed by atoms with van der Waals surface area (Å²) in [6.07, 6.45) is 5.65. The summed E-state index contributed by atoms with van der Waals surface area (Å²) in [5.41, 5.74) is 4.80. The molecule has 2 N–H and O–H groups in total. The third kappa shape index (κ3) is 3.68. The van der Waals surface area contributed by atoms with Gasteiger partial charge in [0.15, 0.2) is 0 Å². The Morgan fingerprint density at radius 1 is 1.40 bits per heavy atom. The number of halogens is 2. The van der Waals surface area contributed by atoms with Crippen molar-refractivity contribution in [3.8, 4) is 0 Å². The van der Waals surface area contributed by atoms with Crippen LogP contribution in [0, 0.1) is 5.92 Å². The first kappa shape index (κ1) is 12.8. The van der Waals surface area contributed by atoms with Crippen molar-refractivity contribution in [2.24, 2.45) is 11.7 Å². The Morgan fingerprint density at radius 2 is 2.00 bits per heavy atom. The summed E-state index contributed by atoms with van der Waals surface area (Å²) in [6, 6.07) is 0. The summed E-state index contributed by atoms with van der Waals surface area (Å²) in [7, 11) is 0. The van der Waals surface area contributed by atoms with Crippen LogP contribution in [0.25, 0.3) is 0 Å². The highest BCUT2D eigenvalue weighted by Gasteiger charge is 2.37. The van der Waals surface area contributed by atoms with Crippen LogP contribution < -0.4 is 5.73 Å². The van der Waals surface area contributed by atoms with E-state index in [0.717, 1.165) is 19.3 Å². The molecule has 0 bridgehead atoms. The Labute approximate surface area is 90.2 Å². The lowest BCUT2D eigenvalue weighted by Gasteiger charge is -2.38. The molecule has 0 radical (unpaired) electrons. The Kier molecular flexibility index (Phi) is 4.93. The second-order valence-electron chi connectivity index (χ2n) is 4.50. The van der Waals surface area contributed by atoms with Crippen molar-refractivity contribution in [1.29, 1.82) is 0 Å². The van der Waals surface area contributed by atoms with Crippen LogP contribution in [-0.2, 0) is 4.74 Å². The summed E-state index contributed by atoms with van der Waals surface area (Å²) in [5.74, 6) is 0.677.